The predicted molar refractivity (Wildman–Crippen MR) is 78.5 cm³/mol. The first-order chi connectivity index (χ1) is 9.16. The number of nitrogens with two attached hydrogens (primary N) is 1. The Morgan fingerprint density at radius 2 is 2.21 bits per heavy atom. The van der Waals surface area contributed by atoms with Crippen LogP contribution in [0.25, 0.3) is 0 Å². The normalized spacial score (nSPS) is 10.6. The summed E-state index contributed by atoms with van der Waals surface area (Å²) >= 11 is 1.81. The van der Waals surface area contributed by atoms with Crippen molar-refractivity contribution >= 4 is 17.4 Å². The third-order valence-electron chi connectivity index (χ3n) is 2.78. The molecule has 5 heteroatoms. The van der Waals surface area contributed by atoms with E-state index in [-0.39, 0.29) is 0 Å². The van der Waals surface area contributed by atoms with Crippen LogP contribution in [0.3, 0.4) is 0 Å². The van der Waals surface area contributed by atoms with Crippen LogP contribution in [-0.4, -0.2) is 17.5 Å². The van der Waals surface area contributed by atoms with Crippen LogP contribution >= 0.6 is 11.8 Å². The maximum Gasteiger partial charge on any atom is 0.137 e. The lowest BCUT2D eigenvalue weighted by Gasteiger charge is -2.06. The Labute approximate surface area is 117 Å². The lowest BCUT2D eigenvalue weighted by Crippen LogP contribution is -2.01. The van der Waals surface area contributed by atoms with Crippen molar-refractivity contribution < 1.29 is 9.26 Å². The fraction of sp³-hybridized carbons (Fsp3) is 0.357. The Morgan fingerprint density at radius 1 is 1.37 bits per heavy atom. The van der Waals surface area contributed by atoms with Gasteiger partial charge in [0.1, 0.15) is 11.5 Å². The fourth-order valence-electron chi connectivity index (χ4n) is 1.70. The van der Waals surface area contributed by atoms with E-state index in [4.69, 9.17) is 15.0 Å². The molecule has 102 valence electrons. The molecule has 0 fully saturated rings. The number of ether oxygens (including phenoxy) is 1. The molecule has 2 N–H and O–H groups in total. The van der Waals surface area contributed by atoms with Crippen molar-refractivity contribution in [2.45, 2.75) is 19.6 Å². The molecule has 0 saturated carbocycles. The molecular weight excluding hydrogens is 260 g/mol. The largest absolute Gasteiger partial charge is 0.493 e. The smallest absolute Gasteiger partial charge is 0.137 e. The average molecular weight is 278 g/mol. The Balaban J connectivity index is 1.70. The molecule has 0 aliphatic heterocycles. The number of rotatable bonds is 6. The lowest BCUT2D eigenvalue weighted by molar-refractivity contribution is 0.344. The topological polar surface area (TPSA) is 61.3 Å². The van der Waals surface area contributed by atoms with Gasteiger partial charge in [-0.05, 0) is 26.0 Å². The minimum atomic E-state index is 0.664. The molecule has 0 radical (unpaired) electrons. The average Bonchev–Trinajstić information content (AvgIpc) is 2.70. The molecular formula is C14H18N2O2S. The number of nitrogen functional groups attached to an aromatic ring is 1. The molecule has 19 heavy (non-hydrogen) atoms. The van der Waals surface area contributed by atoms with Gasteiger partial charge in [-0.25, -0.2) is 0 Å². The summed E-state index contributed by atoms with van der Waals surface area (Å²) in [6.45, 7) is 4.58. The van der Waals surface area contributed by atoms with Crippen LogP contribution in [0.1, 0.15) is 17.0 Å². The first kappa shape index (κ1) is 13.8. The molecule has 1 heterocycles. The van der Waals surface area contributed by atoms with Crippen LogP contribution in [0, 0.1) is 13.8 Å². The summed E-state index contributed by atoms with van der Waals surface area (Å²) in [6, 6.07) is 7.48. The van der Waals surface area contributed by atoms with Crippen molar-refractivity contribution in [3.05, 3.63) is 41.3 Å². The van der Waals surface area contributed by atoms with Gasteiger partial charge in [-0.3, -0.25) is 0 Å². The standard InChI is InChI=1S/C14H18N2O2S/c1-10-14(11(2)18-16-10)9-19-7-6-17-13-5-3-4-12(15)8-13/h3-5,8H,6-7,9,15H2,1-2H3. The van der Waals surface area contributed by atoms with E-state index in [0.29, 0.717) is 6.61 Å². The van der Waals surface area contributed by atoms with E-state index < -0.39 is 0 Å². The molecule has 1 aromatic carbocycles. The second-order valence-corrected chi connectivity index (χ2v) is 5.38. The van der Waals surface area contributed by atoms with Gasteiger partial charge in [-0.1, -0.05) is 11.2 Å². The van der Waals surface area contributed by atoms with Crippen LogP contribution in [0.2, 0.25) is 0 Å². The second kappa shape index (κ2) is 6.52. The van der Waals surface area contributed by atoms with Gasteiger partial charge in [0, 0.05) is 28.8 Å². The molecule has 0 spiro atoms. The van der Waals surface area contributed by atoms with Crippen molar-refractivity contribution in [3.63, 3.8) is 0 Å². The number of thioether (sulfide) groups is 1. The van der Waals surface area contributed by atoms with Crippen LogP contribution in [0.15, 0.2) is 28.8 Å². The zero-order valence-electron chi connectivity index (χ0n) is 11.2. The molecule has 0 amide bonds. The molecule has 2 rings (SSSR count). The van der Waals surface area contributed by atoms with Gasteiger partial charge in [0.2, 0.25) is 0 Å². The third kappa shape index (κ3) is 3.92. The van der Waals surface area contributed by atoms with Crippen molar-refractivity contribution in [3.8, 4) is 5.75 Å². The van der Waals surface area contributed by atoms with E-state index in [1.807, 2.05) is 38.1 Å². The SMILES string of the molecule is Cc1noc(C)c1CSCCOc1cccc(N)c1. The number of hydrogen-bond donors (Lipinski definition) is 1. The molecule has 2 aromatic rings. The van der Waals surface area contributed by atoms with Crippen LogP contribution in [-0.2, 0) is 5.75 Å². The van der Waals surface area contributed by atoms with Gasteiger partial charge < -0.3 is 15.0 Å². The second-order valence-electron chi connectivity index (χ2n) is 4.28. The Morgan fingerprint density at radius 3 is 2.89 bits per heavy atom. The molecule has 0 unspecified atom stereocenters. The maximum absolute atomic E-state index is 5.68. The van der Waals surface area contributed by atoms with Crippen molar-refractivity contribution in [2.24, 2.45) is 0 Å². The highest BCUT2D eigenvalue weighted by atomic mass is 32.2. The highest BCUT2D eigenvalue weighted by Gasteiger charge is 2.08. The monoisotopic (exact) mass is 278 g/mol. The van der Waals surface area contributed by atoms with Gasteiger partial charge in [0.15, 0.2) is 0 Å². The van der Waals surface area contributed by atoms with Gasteiger partial charge >= 0.3 is 0 Å². The minimum absolute atomic E-state index is 0.664. The molecule has 1 aromatic heterocycles. The van der Waals surface area contributed by atoms with E-state index in [1.165, 1.54) is 5.56 Å². The quantitative estimate of drug-likeness (QED) is 0.649. The summed E-state index contributed by atoms with van der Waals surface area (Å²) in [5.74, 6) is 3.54. The number of anilines is 1. The number of benzene rings is 1. The lowest BCUT2D eigenvalue weighted by atomic mass is 10.2. The summed E-state index contributed by atoms with van der Waals surface area (Å²) in [6.07, 6.45) is 0. The van der Waals surface area contributed by atoms with E-state index in [2.05, 4.69) is 5.16 Å². The van der Waals surface area contributed by atoms with Crippen LogP contribution < -0.4 is 10.5 Å². The van der Waals surface area contributed by atoms with Crippen molar-refractivity contribution in [1.29, 1.82) is 0 Å². The Hall–Kier alpha value is -1.62. The summed E-state index contributed by atoms with van der Waals surface area (Å²) in [4.78, 5) is 0. The van der Waals surface area contributed by atoms with E-state index >= 15 is 0 Å². The van der Waals surface area contributed by atoms with Gasteiger partial charge in [-0.15, -0.1) is 0 Å². The minimum Gasteiger partial charge on any atom is -0.493 e. The highest BCUT2D eigenvalue weighted by Crippen LogP contribution is 2.20. The number of aromatic nitrogens is 1. The van der Waals surface area contributed by atoms with Gasteiger partial charge in [0.25, 0.3) is 0 Å². The molecule has 4 nitrogen and oxygen atoms in total. The molecule has 0 atom stereocenters. The number of nitrogens with zero attached hydrogens (tertiary/aromatic N) is 1. The van der Waals surface area contributed by atoms with Gasteiger partial charge in [-0.2, -0.15) is 11.8 Å². The molecule has 0 bridgehead atoms. The number of hydrogen-bond acceptors (Lipinski definition) is 5. The van der Waals surface area contributed by atoms with E-state index in [0.717, 1.165) is 34.4 Å². The highest BCUT2D eigenvalue weighted by molar-refractivity contribution is 7.98. The zero-order valence-corrected chi connectivity index (χ0v) is 12.0. The Kier molecular flexibility index (Phi) is 4.74. The van der Waals surface area contributed by atoms with Gasteiger partial charge in [0.05, 0.1) is 12.3 Å². The molecule has 0 aliphatic rings. The van der Waals surface area contributed by atoms with Crippen molar-refractivity contribution in [1.82, 2.24) is 5.16 Å². The van der Waals surface area contributed by atoms with E-state index in [9.17, 15) is 0 Å². The summed E-state index contributed by atoms with van der Waals surface area (Å²) in [5.41, 5.74) is 8.57. The van der Waals surface area contributed by atoms with Crippen LogP contribution in [0.4, 0.5) is 5.69 Å². The molecule has 0 saturated heterocycles. The Bertz CT molecular complexity index is 520. The molecule has 0 aliphatic carbocycles. The first-order valence-electron chi connectivity index (χ1n) is 6.14. The van der Waals surface area contributed by atoms with Crippen LogP contribution in [0.5, 0.6) is 5.75 Å². The predicted octanol–water partition coefficient (Wildman–Crippen LogP) is 3.19. The van der Waals surface area contributed by atoms with Crippen molar-refractivity contribution in [2.75, 3.05) is 18.1 Å². The maximum atomic E-state index is 5.68. The first-order valence-corrected chi connectivity index (χ1v) is 7.30. The third-order valence-corrected chi connectivity index (χ3v) is 3.73. The summed E-state index contributed by atoms with van der Waals surface area (Å²) < 4.78 is 10.8. The summed E-state index contributed by atoms with van der Waals surface area (Å²) in [7, 11) is 0. The zero-order chi connectivity index (χ0) is 13.7. The summed E-state index contributed by atoms with van der Waals surface area (Å²) in [5, 5.41) is 3.94. The number of aryl methyl sites for hydroxylation is 2. The van der Waals surface area contributed by atoms with E-state index in [1.54, 1.807) is 11.8 Å². The fourth-order valence-corrected chi connectivity index (χ4v) is 2.67.